The molecule has 2 aliphatic heterocycles. The molecular formula is C24H19F3N6. The summed E-state index contributed by atoms with van der Waals surface area (Å²) in [5, 5.41) is 9.31. The largest absolute Gasteiger partial charge is 0.416 e. The number of hydrazine groups is 1. The maximum absolute atomic E-state index is 13.1. The van der Waals surface area contributed by atoms with Gasteiger partial charge < -0.3 is 5.32 Å². The van der Waals surface area contributed by atoms with Crippen LogP contribution in [0.15, 0.2) is 89.8 Å². The Morgan fingerprint density at radius 1 is 0.970 bits per heavy atom. The lowest BCUT2D eigenvalue weighted by atomic mass is 9.95. The summed E-state index contributed by atoms with van der Waals surface area (Å²) < 4.78 is 39.2. The van der Waals surface area contributed by atoms with Crippen molar-refractivity contribution >= 4 is 22.9 Å². The minimum atomic E-state index is -4.39. The number of benzene rings is 2. The molecule has 3 aromatic rings. The van der Waals surface area contributed by atoms with Crippen LogP contribution in [0.5, 0.6) is 0 Å². The van der Waals surface area contributed by atoms with E-state index in [2.05, 4.69) is 25.8 Å². The number of hydrogen-bond donors (Lipinski definition) is 2. The fourth-order valence-electron chi connectivity index (χ4n) is 3.76. The number of nitrogens with one attached hydrogen (secondary N) is 2. The summed E-state index contributed by atoms with van der Waals surface area (Å²) in [6, 6.07) is 16.0. The molecule has 0 spiro atoms. The van der Waals surface area contributed by atoms with Crippen LogP contribution in [0.3, 0.4) is 0 Å². The number of aromatic nitrogens is 2. The van der Waals surface area contributed by atoms with E-state index in [1.165, 1.54) is 12.1 Å². The van der Waals surface area contributed by atoms with Crippen molar-refractivity contribution < 1.29 is 13.2 Å². The molecule has 0 saturated carbocycles. The number of anilines is 2. The summed E-state index contributed by atoms with van der Waals surface area (Å²) in [4.78, 5) is 8.99. The highest BCUT2D eigenvalue weighted by molar-refractivity contribution is 5.95. The quantitative estimate of drug-likeness (QED) is 0.555. The van der Waals surface area contributed by atoms with E-state index >= 15 is 0 Å². The number of halogens is 3. The minimum absolute atomic E-state index is 0.413. The Bertz CT molecular complexity index is 1260. The van der Waals surface area contributed by atoms with Crippen LogP contribution in [0.4, 0.5) is 24.8 Å². The Labute approximate surface area is 188 Å². The van der Waals surface area contributed by atoms with Gasteiger partial charge >= 0.3 is 6.18 Å². The summed E-state index contributed by atoms with van der Waals surface area (Å²) in [7, 11) is 0. The van der Waals surface area contributed by atoms with Gasteiger partial charge in [0.1, 0.15) is 0 Å². The first-order valence-corrected chi connectivity index (χ1v) is 10.2. The third-order valence-electron chi connectivity index (χ3n) is 5.32. The summed E-state index contributed by atoms with van der Waals surface area (Å²) in [5.74, 6) is 0.413. The lowest BCUT2D eigenvalue weighted by Crippen LogP contribution is -2.30. The van der Waals surface area contributed by atoms with E-state index in [1.807, 2.05) is 49.4 Å². The van der Waals surface area contributed by atoms with Gasteiger partial charge in [-0.25, -0.2) is 15.4 Å². The van der Waals surface area contributed by atoms with Crippen LogP contribution in [0.25, 0.3) is 5.57 Å². The summed E-state index contributed by atoms with van der Waals surface area (Å²) >= 11 is 0. The zero-order chi connectivity index (χ0) is 23.0. The molecular weight excluding hydrogens is 429 g/mol. The maximum atomic E-state index is 13.1. The van der Waals surface area contributed by atoms with E-state index < -0.39 is 17.8 Å². The standard InChI is InChI=1S/C24H19F3N6/c1-15-7-12-20-21(19-13-14-28-23(30-19)29-18-5-3-2-4-6-18)22(32-33(20)31-15)16-8-10-17(11-9-16)24(25,26)27/h2-14,22,32H,1H3,(H,28,29,30). The fourth-order valence-corrected chi connectivity index (χ4v) is 3.76. The van der Waals surface area contributed by atoms with Crippen molar-refractivity contribution in [3.8, 4) is 0 Å². The van der Waals surface area contributed by atoms with Crippen LogP contribution < -0.4 is 10.7 Å². The summed E-state index contributed by atoms with van der Waals surface area (Å²) in [6.45, 7) is 1.87. The Hall–Kier alpha value is -3.98. The van der Waals surface area contributed by atoms with Crippen LogP contribution in [0, 0.1) is 0 Å². The van der Waals surface area contributed by atoms with E-state index in [-0.39, 0.29) is 0 Å². The average molecular weight is 448 g/mol. The predicted molar refractivity (Wildman–Crippen MR) is 120 cm³/mol. The van der Waals surface area contributed by atoms with Crippen molar-refractivity contribution in [2.24, 2.45) is 5.10 Å². The molecule has 33 heavy (non-hydrogen) atoms. The van der Waals surface area contributed by atoms with Gasteiger partial charge in [0.25, 0.3) is 0 Å². The minimum Gasteiger partial charge on any atom is -0.324 e. The molecule has 0 aliphatic carbocycles. The molecule has 1 aromatic heterocycles. The van der Waals surface area contributed by atoms with Crippen molar-refractivity contribution in [2.75, 3.05) is 5.32 Å². The first-order chi connectivity index (χ1) is 15.9. The number of para-hydroxylation sites is 1. The fraction of sp³-hybridized carbons (Fsp3) is 0.125. The van der Waals surface area contributed by atoms with Gasteiger partial charge in [-0.1, -0.05) is 30.3 Å². The van der Waals surface area contributed by atoms with Crippen molar-refractivity contribution in [1.82, 2.24) is 20.5 Å². The predicted octanol–water partition coefficient (Wildman–Crippen LogP) is 5.46. The van der Waals surface area contributed by atoms with Crippen LogP contribution in [-0.4, -0.2) is 20.8 Å². The number of hydrogen-bond acceptors (Lipinski definition) is 6. The third-order valence-corrected chi connectivity index (χ3v) is 5.32. The van der Waals surface area contributed by atoms with Gasteiger partial charge in [0.2, 0.25) is 5.95 Å². The highest BCUT2D eigenvalue weighted by Gasteiger charge is 2.35. The van der Waals surface area contributed by atoms with Gasteiger partial charge in [0.15, 0.2) is 0 Å². The first kappa shape index (κ1) is 20.9. The second kappa shape index (κ2) is 8.18. The topological polar surface area (TPSA) is 65.4 Å². The van der Waals surface area contributed by atoms with Crippen LogP contribution in [0.1, 0.15) is 29.8 Å². The highest BCUT2D eigenvalue weighted by atomic mass is 19.4. The second-order valence-electron chi connectivity index (χ2n) is 7.62. The number of allylic oxidation sites excluding steroid dienone is 2. The molecule has 3 heterocycles. The van der Waals surface area contributed by atoms with Crippen molar-refractivity contribution in [2.45, 2.75) is 19.1 Å². The van der Waals surface area contributed by atoms with E-state index in [4.69, 9.17) is 0 Å². The molecule has 6 nitrogen and oxygen atoms in total. The molecule has 9 heteroatoms. The third kappa shape index (κ3) is 4.22. The molecule has 5 rings (SSSR count). The molecule has 0 bridgehead atoms. The monoisotopic (exact) mass is 448 g/mol. The van der Waals surface area contributed by atoms with Crippen LogP contribution in [0.2, 0.25) is 0 Å². The maximum Gasteiger partial charge on any atom is 0.416 e. The molecule has 2 N–H and O–H groups in total. The van der Waals surface area contributed by atoms with Gasteiger partial charge in [-0.15, -0.1) is 0 Å². The molecule has 2 aromatic carbocycles. The summed E-state index contributed by atoms with van der Waals surface area (Å²) in [5.41, 5.74) is 7.09. The molecule has 0 radical (unpaired) electrons. The van der Waals surface area contributed by atoms with Crippen LogP contribution >= 0.6 is 0 Å². The van der Waals surface area contributed by atoms with Gasteiger partial charge in [-0.2, -0.15) is 23.4 Å². The van der Waals surface area contributed by atoms with Gasteiger partial charge in [0, 0.05) is 17.5 Å². The molecule has 0 amide bonds. The molecule has 1 atom stereocenters. The lowest BCUT2D eigenvalue weighted by Gasteiger charge is -2.20. The lowest BCUT2D eigenvalue weighted by molar-refractivity contribution is -0.137. The zero-order valence-corrected chi connectivity index (χ0v) is 17.5. The van der Waals surface area contributed by atoms with Gasteiger partial charge in [0.05, 0.1) is 28.7 Å². The van der Waals surface area contributed by atoms with E-state index in [0.29, 0.717) is 17.2 Å². The number of hydrazone groups is 1. The Kier molecular flexibility index (Phi) is 5.18. The number of rotatable bonds is 4. The van der Waals surface area contributed by atoms with Gasteiger partial charge in [-0.05, 0) is 55.0 Å². The first-order valence-electron chi connectivity index (χ1n) is 10.2. The van der Waals surface area contributed by atoms with E-state index in [9.17, 15) is 13.2 Å². The molecule has 166 valence electrons. The van der Waals surface area contributed by atoms with Crippen LogP contribution in [-0.2, 0) is 6.18 Å². The average Bonchev–Trinajstić information content (AvgIpc) is 3.18. The number of fused-ring (bicyclic) bond motifs is 1. The molecule has 1 unspecified atom stereocenters. The Balaban J connectivity index is 1.55. The number of nitrogens with zero attached hydrogens (tertiary/aromatic N) is 4. The molecule has 0 fully saturated rings. The summed E-state index contributed by atoms with van der Waals surface area (Å²) in [6.07, 6.45) is 1.05. The smallest absolute Gasteiger partial charge is 0.324 e. The van der Waals surface area contributed by atoms with Crippen molar-refractivity contribution in [3.63, 3.8) is 0 Å². The molecule has 2 aliphatic rings. The highest BCUT2D eigenvalue weighted by Crippen LogP contribution is 2.41. The second-order valence-corrected chi connectivity index (χ2v) is 7.62. The normalized spacial score (nSPS) is 17.8. The number of alkyl halides is 3. The van der Waals surface area contributed by atoms with Crippen molar-refractivity contribution in [1.29, 1.82) is 0 Å². The molecule has 0 saturated heterocycles. The Morgan fingerprint density at radius 3 is 2.45 bits per heavy atom. The van der Waals surface area contributed by atoms with E-state index in [0.717, 1.165) is 34.8 Å². The zero-order valence-electron chi connectivity index (χ0n) is 17.5. The van der Waals surface area contributed by atoms with E-state index in [1.54, 1.807) is 17.4 Å². The SMILES string of the molecule is CC1=NN2NC(c3ccc(C(F)(F)F)cc3)C(c3ccnc(Nc4ccccc4)n3)=C2C=C1. The van der Waals surface area contributed by atoms with Gasteiger partial charge in [-0.3, -0.25) is 0 Å². The van der Waals surface area contributed by atoms with Crippen molar-refractivity contribution in [3.05, 3.63) is 102 Å². The Morgan fingerprint density at radius 2 is 1.73 bits per heavy atom.